The molecule has 0 atom stereocenters. The number of benzene rings is 2. The van der Waals surface area contributed by atoms with Gasteiger partial charge in [-0.1, -0.05) is 34.1 Å². The molecule has 0 bridgehead atoms. The fourth-order valence-corrected chi connectivity index (χ4v) is 2.59. The van der Waals surface area contributed by atoms with Crippen LogP contribution in [0.25, 0.3) is 10.9 Å². The van der Waals surface area contributed by atoms with Gasteiger partial charge in [-0.05, 0) is 30.3 Å². The summed E-state index contributed by atoms with van der Waals surface area (Å²) in [7, 11) is 1.94. The van der Waals surface area contributed by atoms with Crippen molar-refractivity contribution in [1.29, 1.82) is 0 Å². The van der Waals surface area contributed by atoms with Gasteiger partial charge in [-0.25, -0.2) is 0 Å². The number of ketones is 1. The van der Waals surface area contributed by atoms with E-state index in [9.17, 15) is 4.79 Å². The molecule has 0 saturated carbocycles. The van der Waals surface area contributed by atoms with E-state index in [0.717, 1.165) is 15.4 Å². The second kappa shape index (κ2) is 5.74. The van der Waals surface area contributed by atoms with Gasteiger partial charge in [0.1, 0.15) is 5.75 Å². The molecule has 3 rings (SSSR count). The van der Waals surface area contributed by atoms with Crippen LogP contribution in [0, 0.1) is 0 Å². The Morgan fingerprint density at radius 3 is 2.62 bits per heavy atom. The Balaban J connectivity index is 1.79. The minimum atomic E-state index is -0.0188. The van der Waals surface area contributed by atoms with Gasteiger partial charge in [-0.3, -0.25) is 4.79 Å². The summed E-state index contributed by atoms with van der Waals surface area (Å²) in [6.07, 6.45) is 1.86. The van der Waals surface area contributed by atoms with Crippen LogP contribution >= 0.6 is 15.9 Å². The maximum absolute atomic E-state index is 12.4. The molecule has 106 valence electrons. The number of aromatic nitrogens is 1. The van der Waals surface area contributed by atoms with Crippen LogP contribution in [0.1, 0.15) is 10.4 Å². The minimum Gasteiger partial charge on any atom is -0.485 e. The number of fused-ring (bicyclic) bond motifs is 1. The van der Waals surface area contributed by atoms with Crippen molar-refractivity contribution in [2.24, 2.45) is 7.05 Å². The molecule has 0 N–H and O–H groups in total. The Morgan fingerprint density at radius 1 is 1.14 bits per heavy atom. The first-order valence-corrected chi connectivity index (χ1v) is 7.40. The van der Waals surface area contributed by atoms with Gasteiger partial charge < -0.3 is 9.30 Å². The smallest absolute Gasteiger partial charge is 0.202 e. The summed E-state index contributed by atoms with van der Waals surface area (Å²) in [6.45, 7) is 0.0373. The normalized spacial score (nSPS) is 10.8. The van der Waals surface area contributed by atoms with Gasteiger partial charge in [0.15, 0.2) is 6.61 Å². The van der Waals surface area contributed by atoms with E-state index in [-0.39, 0.29) is 12.4 Å². The van der Waals surface area contributed by atoms with Gasteiger partial charge in [0.25, 0.3) is 0 Å². The molecule has 0 saturated heterocycles. The molecule has 1 heterocycles. The van der Waals surface area contributed by atoms with E-state index in [2.05, 4.69) is 15.9 Å². The van der Waals surface area contributed by atoms with Gasteiger partial charge in [0.05, 0.1) is 0 Å². The number of nitrogens with zero attached hydrogens (tertiary/aromatic N) is 1. The van der Waals surface area contributed by atoms with Crippen molar-refractivity contribution < 1.29 is 9.53 Å². The van der Waals surface area contributed by atoms with Crippen LogP contribution in [-0.2, 0) is 7.05 Å². The molecule has 0 spiro atoms. The van der Waals surface area contributed by atoms with Crippen molar-refractivity contribution in [2.45, 2.75) is 0 Å². The number of halogens is 1. The summed E-state index contributed by atoms with van der Waals surface area (Å²) in [5.41, 5.74) is 1.75. The highest BCUT2D eigenvalue weighted by atomic mass is 79.9. The quantitative estimate of drug-likeness (QED) is 0.664. The third kappa shape index (κ3) is 2.85. The van der Waals surface area contributed by atoms with Crippen molar-refractivity contribution >= 4 is 32.6 Å². The maximum atomic E-state index is 12.4. The topological polar surface area (TPSA) is 31.2 Å². The van der Waals surface area contributed by atoms with Crippen LogP contribution in [0.2, 0.25) is 0 Å². The third-order valence-electron chi connectivity index (χ3n) is 3.38. The van der Waals surface area contributed by atoms with Crippen LogP contribution in [0.15, 0.2) is 59.2 Å². The molecule has 0 unspecified atom stereocenters. The number of ether oxygens (including phenoxy) is 1. The Bertz CT molecular complexity index is 790. The number of carbonyl (C=O) groups is 1. The lowest BCUT2D eigenvalue weighted by Crippen LogP contribution is -2.11. The second-order valence-electron chi connectivity index (χ2n) is 4.84. The van der Waals surface area contributed by atoms with Gasteiger partial charge in [-0.15, -0.1) is 0 Å². The predicted molar refractivity (Wildman–Crippen MR) is 86.9 cm³/mol. The lowest BCUT2D eigenvalue weighted by molar-refractivity contribution is 0.0923. The monoisotopic (exact) mass is 343 g/mol. The van der Waals surface area contributed by atoms with Crippen LogP contribution in [-0.4, -0.2) is 17.0 Å². The number of para-hydroxylation sites is 1. The standard InChI is InChI=1S/C17H14BrNO2/c1-19-10-15(14-4-2-3-5-16(14)19)17(20)11-21-13-8-6-12(18)7-9-13/h2-10H,11H2,1H3. The molecule has 3 nitrogen and oxygen atoms in total. The zero-order chi connectivity index (χ0) is 14.8. The number of hydrogen-bond donors (Lipinski definition) is 0. The highest BCUT2D eigenvalue weighted by Gasteiger charge is 2.14. The van der Waals surface area contributed by atoms with Crippen molar-refractivity contribution in [2.75, 3.05) is 6.61 Å². The second-order valence-corrected chi connectivity index (χ2v) is 5.75. The summed E-state index contributed by atoms with van der Waals surface area (Å²) in [5.74, 6) is 0.668. The molecule has 0 amide bonds. The van der Waals surface area contributed by atoms with Gasteiger partial charge in [0, 0.05) is 34.2 Å². The minimum absolute atomic E-state index is 0.0188. The lowest BCUT2D eigenvalue weighted by Gasteiger charge is -2.05. The van der Waals surface area contributed by atoms with Gasteiger partial charge in [-0.2, -0.15) is 0 Å². The van der Waals surface area contributed by atoms with Crippen molar-refractivity contribution in [3.63, 3.8) is 0 Å². The first-order valence-electron chi connectivity index (χ1n) is 6.61. The lowest BCUT2D eigenvalue weighted by atomic mass is 10.1. The maximum Gasteiger partial charge on any atom is 0.202 e. The molecule has 0 radical (unpaired) electrons. The van der Waals surface area contributed by atoms with Crippen LogP contribution in [0.3, 0.4) is 0 Å². The first-order chi connectivity index (χ1) is 10.1. The Morgan fingerprint density at radius 2 is 1.86 bits per heavy atom. The SMILES string of the molecule is Cn1cc(C(=O)COc2ccc(Br)cc2)c2ccccc21. The van der Waals surface area contributed by atoms with E-state index in [4.69, 9.17) is 4.74 Å². The van der Waals surface area contributed by atoms with Crippen LogP contribution in [0.4, 0.5) is 0 Å². The van der Waals surface area contributed by atoms with E-state index in [1.807, 2.05) is 66.3 Å². The van der Waals surface area contributed by atoms with E-state index in [1.165, 1.54) is 0 Å². The van der Waals surface area contributed by atoms with Gasteiger partial charge in [0.2, 0.25) is 5.78 Å². The molecule has 0 aliphatic heterocycles. The number of rotatable bonds is 4. The summed E-state index contributed by atoms with van der Waals surface area (Å²) in [4.78, 5) is 12.4. The molecule has 0 fully saturated rings. The summed E-state index contributed by atoms with van der Waals surface area (Å²) < 4.78 is 8.50. The molecular weight excluding hydrogens is 330 g/mol. The number of Topliss-reactive ketones (excluding diaryl/α,β-unsaturated/α-hetero) is 1. The van der Waals surface area contributed by atoms with Crippen LogP contribution in [0.5, 0.6) is 5.75 Å². The third-order valence-corrected chi connectivity index (χ3v) is 3.91. The summed E-state index contributed by atoms with van der Waals surface area (Å²) in [5, 5.41) is 0.962. The van der Waals surface area contributed by atoms with Crippen LogP contribution < -0.4 is 4.74 Å². The largest absolute Gasteiger partial charge is 0.485 e. The molecule has 3 aromatic rings. The average molecular weight is 344 g/mol. The zero-order valence-corrected chi connectivity index (χ0v) is 13.1. The summed E-state index contributed by atoms with van der Waals surface area (Å²) in [6, 6.07) is 15.3. The predicted octanol–water partition coefficient (Wildman–Crippen LogP) is 4.20. The van der Waals surface area contributed by atoms with Crippen molar-refractivity contribution in [1.82, 2.24) is 4.57 Å². The fourth-order valence-electron chi connectivity index (χ4n) is 2.32. The highest BCUT2D eigenvalue weighted by Crippen LogP contribution is 2.21. The number of carbonyl (C=O) groups excluding carboxylic acids is 1. The fraction of sp³-hybridized carbons (Fsp3) is 0.118. The molecule has 1 aromatic heterocycles. The highest BCUT2D eigenvalue weighted by molar-refractivity contribution is 9.10. The number of aryl methyl sites for hydroxylation is 1. The molecule has 0 aliphatic carbocycles. The molecule has 2 aromatic carbocycles. The van der Waals surface area contributed by atoms with E-state index >= 15 is 0 Å². The van der Waals surface area contributed by atoms with E-state index < -0.39 is 0 Å². The first kappa shape index (κ1) is 13.9. The van der Waals surface area contributed by atoms with Crippen molar-refractivity contribution in [3.8, 4) is 5.75 Å². The Hall–Kier alpha value is -2.07. The molecule has 4 heteroatoms. The van der Waals surface area contributed by atoms with Crippen molar-refractivity contribution in [3.05, 3.63) is 64.8 Å². The zero-order valence-electron chi connectivity index (χ0n) is 11.5. The van der Waals surface area contributed by atoms with Gasteiger partial charge >= 0.3 is 0 Å². The Kier molecular flexibility index (Phi) is 3.80. The average Bonchev–Trinajstić information content (AvgIpc) is 2.84. The van der Waals surface area contributed by atoms with E-state index in [1.54, 1.807) is 0 Å². The van der Waals surface area contributed by atoms with E-state index in [0.29, 0.717) is 11.3 Å². The Labute approximate surface area is 131 Å². The number of hydrogen-bond acceptors (Lipinski definition) is 2. The molecular formula is C17H14BrNO2. The summed E-state index contributed by atoms with van der Waals surface area (Å²) >= 11 is 3.37. The molecule has 0 aliphatic rings. The molecule has 21 heavy (non-hydrogen) atoms.